The first-order chi connectivity index (χ1) is 4.50. The van der Waals surface area contributed by atoms with Crippen LogP contribution in [0.5, 0.6) is 0 Å². The molecule has 0 atom stereocenters. The monoisotopic (exact) mass is 245 g/mol. The molecule has 0 aliphatic carbocycles. The summed E-state index contributed by atoms with van der Waals surface area (Å²) in [4.78, 5) is 3.56. The Hall–Kier alpha value is -0.0700. The van der Waals surface area contributed by atoms with E-state index in [4.69, 9.17) is 10.7 Å². The van der Waals surface area contributed by atoms with Crippen molar-refractivity contribution >= 4 is 35.7 Å². The molecule has 0 N–H and O–H groups in total. The van der Waals surface area contributed by atoms with Crippen LogP contribution in [-0.4, -0.2) is 13.4 Å². The van der Waals surface area contributed by atoms with E-state index in [0.717, 1.165) is 6.20 Å². The van der Waals surface area contributed by atoms with Gasteiger partial charge < -0.3 is 4.42 Å². The number of rotatable bonds is 1. The summed E-state index contributed by atoms with van der Waals surface area (Å²) < 4.78 is 25.4. The Balaban J connectivity index is 3.21. The van der Waals surface area contributed by atoms with Gasteiger partial charge in [0.1, 0.15) is 0 Å². The lowest BCUT2D eigenvalue weighted by molar-refractivity contribution is 0.430. The van der Waals surface area contributed by atoms with Crippen LogP contribution in [0.3, 0.4) is 0 Å². The summed E-state index contributed by atoms with van der Waals surface area (Å²) in [6.07, 6.45) is 1.02. The predicted molar refractivity (Wildman–Crippen MR) is 37.2 cm³/mol. The lowest BCUT2D eigenvalue weighted by Gasteiger charge is -1.82. The Bertz CT molecular complexity index is 331. The van der Waals surface area contributed by atoms with Crippen LogP contribution in [-0.2, 0) is 9.05 Å². The van der Waals surface area contributed by atoms with E-state index in [-0.39, 0.29) is 9.89 Å². The largest absolute Gasteiger partial charge is 0.418 e. The molecule has 4 nitrogen and oxygen atoms in total. The van der Waals surface area contributed by atoms with Crippen LogP contribution in [0.4, 0.5) is 0 Å². The number of oxazole rings is 1. The Kier molecular flexibility index (Phi) is 2.02. The highest BCUT2D eigenvalue weighted by molar-refractivity contribution is 9.10. The number of hydrogen-bond donors (Lipinski definition) is 0. The van der Waals surface area contributed by atoms with Gasteiger partial charge in [0.2, 0.25) is 0 Å². The lowest BCUT2D eigenvalue weighted by Crippen LogP contribution is -1.85. The minimum atomic E-state index is -3.77. The summed E-state index contributed by atoms with van der Waals surface area (Å²) >= 11 is 2.82. The maximum Gasteiger partial charge on any atom is 0.296 e. The van der Waals surface area contributed by atoms with Crippen LogP contribution in [0.1, 0.15) is 0 Å². The van der Waals surface area contributed by atoms with Crippen molar-refractivity contribution < 1.29 is 12.8 Å². The number of halogens is 2. The highest BCUT2D eigenvalue weighted by Crippen LogP contribution is 2.18. The molecule has 7 heteroatoms. The van der Waals surface area contributed by atoms with E-state index in [9.17, 15) is 8.42 Å². The van der Waals surface area contributed by atoms with Gasteiger partial charge in [-0.1, -0.05) is 0 Å². The number of nitrogens with zero attached hydrogens (tertiary/aromatic N) is 1. The van der Waals surface area contributed by atoms with Crippen molar-refractivity contribution in [2.24, 2.45) is 0 Å². The zero-order valence-corrected chi connectivity index (χ0v) is 7.57. The minimum Gasteiger partial charge on any atom is -0.418 e. The molecule has 0 aromatic carbocycles. The van der Waals surface area contributed by atoms with E-state index >= 15 is 0 Å². The fraction of sp³-hybridized carbons (Fsp3) is 0. The van der Waals surface area contributed by atoms with E-state index < -0.39 is 9.05 Å². The van der Waals surface area contributed by atoms with Gasteiger partial charge in [-0.15, -0.1) is 0 Å². The summed E-state index contributed by atoms with van der Waals surface area (Å²) in [5.74, 6) is 0. The predicted octanol–water partition coefficient (Wildman–Crippen LogP) is 1.36. The second-order valence-corrected chi connectivity index (χ2v) is 4.55. The highest BCUT2D eigenvalue weighted by Gasteiger charge is 2.14. The zero-order chi connectivity index (χ0) is 7.78. The normalized spacial score (nSPS) is 11.8. The molecule has 0 unspecified atom stereocenters. The molecule has 1 aromatic rings. The van der Waals surface area contributed by atoms with Crippen molar-refractivity contribution in [2.45, 2.75) is 5.09 Å². The molecule has 0 aliphatic heterocycles. The van der Waals surface area contributed by atoms with Crippen LogP contribution < -0.4 is 0 Å². The Morgan fingerprint density at radius 2 is 2.30 bits per heavy atom. The Labute approximate surface area is 69.7 Å². The third-order valence-electron chi connectivity index (χ3n) is 0.697. The van der Waals surface area contributed by atoms with Crippen molar-refractivity contribution in [1.29, 1.82) is 0 Å². The molecule has 0 radical (unpaired) electrons. The van der Waals surface area contributed by atoms with Crippen molar-refractivity contribution in [2.75, 3.05) is 0 Å². The topological polar surface area (TPSA) is 60.2 Å². The van der Waals surface area contributed by atoms with E-state index in [2.05, 4.69) is 25.3 Å². The molecule has 0 amide bonds. The Morgan fingerprint density at radius 1 is 1.70 bits per heavy atom. The molecule has 56 valence electrons. The smallest absolute Gasteiger partial charge is 0.296 e. The van der Waals surface area contributed by atoms with Gasteiger partial charge in [-0.3, -0.25) is 0 Å². The summed E-state index contributed by atoms with van der Waals surface area (Å²) in [5, 5.41) is -0.360. The molecular formula is C3HBrClNO3S. The fourth-order valence-corrected chi connectivity index (χ4v) is 1.31. The van der Waals surface area contributed by atoms with Gasteiger partial charge in [0.25, 0.3) is 18.9 Å². The van der Waals surface area contributed by atoms with Crippen LogP contribution in [0.25, 0.3) is 0 Å². The second-order valence-electron chi connectivity index (χ2n) is 1.37. The second kappa shape index (κ2) is 2.52. The van der Waals surface area contributed by atoms with Crippen molar-refractivity contribution in [3.63, 3.8) is 0 Å². The van der Waals surface area contributed by atoms with Crippen molar-refractivity contribution in [3.05, 3.63) is 11.0 Å². The SMILES string of the molecule is O=S(=O)(Cl)c1cnc(Br)o1. The summed E-state index contributed by atoms with van der Waals surface area (Å²) in [5.41, 5.74) is 0. The third-order valence-corrected chi connectivity index (χ3v) is 2.19. The van der Waals surface area contributed by atoms with E-state index in [0.29, 0.717) is 0 Å². The molecule has 0 saturated carbocycles. The molecule has 0 bridgehead atoms. The number of aromatic nitrogens is 1. The fourth-order valence-electron chi connectivity index (χ4n) is 0.352. The molecule has 10 heavy (non-hydrogen) atoms. The summed E-state index contributed by atoms with van der Waals surface area (Å²) in [6.45, 7) is 0. The van der Waals surface area contributed by atoms with Gasteiger partial charge in [-0.25, -0.2) is 13.4 Å². The summed E-state index contributed by atoms with van der Waals surface area (Å²) in [6, 6.07) is 0. The molecule has 0 spiro atoms. The average Bonchev–Trinajstić information content (AvgIpc) is 2.11. The first kappa shape index (κ1) is 8.03. The quantitative estimate of drug-likeness (QED) is 0.702. The average molecular weight is 246 g/mol. The van der Waals surface area contributed by atoms with Gasteiger partial charge in [0, 0.05) is 26.6 Å². The standard InChI is InChI=1S/C3HBrClNO3S/c4-3-6-1-2(9-3)10(5,7)8/h1H. The molecule has 1 aromatic heterocycles. The maximum atomic E-state index is 10.5. The van der Waals surface area contributed by atoms with E-state index in [1.807, 2.05) is 0 Å². The van der Waals surface area contributed by atoms with Crippen LogP contribution in [0.2, 0.25) is 0 Å². The van der Waals surface area contributed by atoms with Gasteiger partial charge in [0.05, 0.1) is 6.20 Å². The lowest BCUT2D eigenvalue weighted by atomic mass is 11.0. The Morgan fingerprint density at radius 3 is 2.50 bits per heavy atom. The number of hydrogen-bond acceptors (Lipinski definition) is 4. The van der Waals surface area contributed by atoms with Gasteiger partial charge in [0.15, 0.2) is 0 Å². The molecule has 0 aliphatic rings. The van der Waals surface area contributed by atoms with E-state index in [1.165, 1.54) is 0 Å². The molecule has 1 heterocycles. The van der Waals surface area contributed by atoms with Gasteiger partial charge in [-0.2, -0.15) is 0 Å². The molecule has 0 fully saturated rings. The van der Waals surface area contributed by atoms with Gasteiger partial charge >= 0.3 is 0 Å². The zero-order valence-electron chi connectivity index (χ0n) is 4.41. The molecular weight excluding hydrogens is 245 g/mol. The third kappa shape index (κ3) is 1.71. The highest BCUT2D eigenvalue weighted by atomic mass is 79.9. The molecule has 0 saturated heterocycles. The van der Waals surface area contributed by atoms with Crippen LogP contribution >= 0.6 is 26.6 Å². The molecule has 1 rings (SSSR count). The summed E-state index contributed by atoms with van der Waals surface area (Å²) in [7, 11) is 1.12. The van der Waals surface area contributed by atoms with Crippen LogP contribution in [0.15, 0.2) is 20.5 Å². The van der Waals surface area contributed by atoms with E-state index in [1.54, 1.807) is 0 Å². The van der Waals surface area contributed by atoms with Crippen LogP contribution in [0, 0.1) is 0 Å². The maximum absolute atomic E-state index is 10.5. The van der Waals surface area contributed by atoms with Gasteiger partial charge in [-0.05, 0) is 0 Å². The van der Waals surface area contributed by atoms with Crippen molar-refractivity contribution in [1.82, 2.24) is 4.98 Å². The van der Waals surface area contributed by atoms with Crippen molar-refractivity contribution in [3.8, 4) is 0 Å². The minimum absolute atomic E-state index is 0.0896. The first-order valence-corrected chi connectivity index (χ1v) is 5.16. The first-order valence-electron chi connectivity index (χ1n) is 2.06.